The first-order valence-corrected chi connectivity index (χ1v) is 6.98. The third-order valence-corrected chi connectivity index (χ3v) is 3.84. The summed E-state index contributed by atoms with van der Waals surface area (Å²) >= 11 is 0. The summed E-state index contributed by atoms with van der Waals surface area (Å²) in [6, 6.07) is 2.75. The maximum atomic E-state index is 8.81. The molecule has 2 aliphatic rings. The molecule has 2 fully saturated rings. The average Bonchev–Trinajstić information content (AvgIpc) is 3.27. The van der Waals surface area contributed by atoms with Gasteiger partial charge < -0.3 is 10.6 Å². The lowest BCUT2D eigenvalue weighted by atomic mass is 10.2. The smallest absolute Gasteiger partial charge is 0.137 e. The predicted molar refractivity (Wildman–Crippen MR) is 73.8 cm³/mol. The number of aromatic nitrogens is 2. The summed E-state index contributed by atoms with van der Waals surface area (Å²) in [7, 11) is 0. The fourth-order valence-electron chi connectivity index (χ4n) is 2.36. The SMILES string of the molecule is Cc1c(N)nc(C2CC2)nc1N(CCC#N)C1CC1. The van der Waals surface area contributed by atoms with Crippen molar-refractivity contribution in [2.45, 2.75) is 51.0 Å². The van der Waals surface area contributed by atoms with Gasteiger partial charge in [0.25, 0.3) is 0 Å². The van der Waals surface area contributed by atoms with Crippen molar-refractivity contribution in [2.24, 2.45) is 0 Å². The van der Waals surface area contributed by atoms with Crippen LogP contribution in [-0.2, 0) is 0 Å². The van der Waals surface area contributed by atoms with Crippen LogP contribution in [0.3, 0.4) is 0 Å². The molecule has 0 bridgehead atoms. The van der Waals surface area contributed by atoms with Gasteiger partial charge in [0.2, 0.25) is 0 Å². The number of hydrogen-bond acceptors (Lipinski definition) is 5. The number of anilines is 2. The number of rotatable bonds is 5. The molecule has 19 heavy (non-hydrogen) atoms. The summed E-state index contributed by atoms with van der Waals surface area (Å²) in [5.41, 5.74) is 6.98. The molecule has 0 spiro atoms. The van der Waals surface area contributed by atoms with E-state index in [0.717, 1.165) is 23.8 Å². The molecule has 2 saturated carbocycles. The zero-order valence-corrected chi connectivity index (χ0v) is 11.3. The van der Waals surface area contributed by atoms with Crippen LogP contribution in [0.1, 0.15) is 49.4 Å². The maximum Gasteiger partial charge on any atom is 0.137 e. The first-order chi connectivity index (χ1) is 9.20. The number of nitrogens with zero attached hydrogens (tertiary/aromatic N) is 4. The molecular formula is C14H19N5. The highest BCUT2D eigenvalue weighted by Gasteiger charge is 2.33. The molecule has 0 aromatic carbocycles. The third kappa shape index (κ3) is 2.48. The van der Waals surface area contributed by atoms with Gasteiger partial charge >= 0.3 is 0 Å². The number of nitriles is 1. The summed E-state index contributed by atoms with van der Waals surface area (Å²) in [6.07, 6.45) is 5.24. The predicted octanol–water partition coefficient (Wildman–Crippen LogP) is 2.13. The molecule has 3 rings (SSSR count). The van der Waals surface area contributed by atoms with Crippen molar-refractivity contribution in [3.8, 4) is 6.07 Å². The van der Waals surface area contributed by atoms with Crippen molar-refractivity contribution in [1.82, 2.24) is 9.97 Å². The van der Waals surface area contributed by atoms with Gasteiger partial charge in [0.1, 0.15) is 17.5 Å². The van der Waals surface area contributed by atoms with Gasteiger partial charge in [0, 0.05) is 24.1 Å². The van der Waals surface area contributed by atoms with Crippen LogP contribution in [0.15, 0.2) is 0 Å². The fraction of sp³-hybridized carbons (Fsp3) is 0.643. The number of nitrogen functional groups attached to an aromatic ring is 1. The molecule has 0 aliphatic heterocycles. The molecule has 100 valence electrons. The molecule has 2 aliphatic carbocycles. The zero-order valence-electron chi connectivity index (χ0n) is 11.3. The van der Waals surface area contributed by atoms with Gasteiger partial charge in [0.05, 0.1) is 12.5 Å². The molecule has 0 radical (unpaired) electrons. The molecule has 0 unspecified atom stereocenters. The lowest BCUT2D eigenvalue weighted by molar-refractivity contribution is 0.761. The van der Waals surface area contributed by atoms with Crippen LogP contribution in [0, 0.1) is 18.3 Å². The molecule has 0 atom stereocenters. The molecule has 5 heteroatoms. The van der Waals surface area contributed by atoms with E-state index in [0.29, 0.717) is 24.2 Å². The van der Waals surface area contributed by atoms with Crippen LogP contribution in [0.25, 0.3) is 0 Å². The van der Waals surface area contributed by atoms with E-state index < -0.39 is 0 Å². The Morgan fingerprint density at radius 2 is 2.05 bits per heavy atom. The van der Waals surface area contributed by atoms with Crippen molar-refractivity contribution < 1.29 is 0 Å². The monoisotopic (exact) mass is 257 g/mol. The van der Waals surface area contributed by atoms with Crippen molar-refractivity contribution >= 4 is 11.6 Å². The van der Waals surface area contributed by atoms with Gasteiger partial charge in [-0.3, -0.25) is 0 Å². The second-order valence-corrected chi connectivity index (χ2v) is 5.52. The van der Waals surface area contributed by atoms with Gasteiger partial charge in [0.15, 0.2) is 0 Å². The van der Waals surface area contributed by atoms with E-state index in [4.69, 9.17) is 16.0 Å². The lowest BCUT2D eigenvalue weighted by Crippen LogP contribution is -2.29. The van der Waals surface area contributed by atoms with E-state index in [9.17, 15) is 0 Å². The Morgan fingerprint density at radius 1 is 1.32 bits per heavy atom. The van der Waals surface area contributed by atoms with Crippen LogP contribution < -0.4 is 10.6 Å². The molecule has 5 nitrogen and oxygen atoms in total. The van der Waals surface area contributed by atoms with Crippen LogP contribution in [0.2, 0.25) is 0 Å². The van der Waals surface area contributed by atoms with Crippen molar-refractivity contribution in [2.75, 3.05) is 17.2 Å². The van der Waals surface area contributed by atoms with E-state index in [1.165, 1.54) is 25.7 Å². The minimum atomic E-state index is 0.499. The quantitative estimate of drug-likeness (QED) is 0.874. The molecule has 1 heterocycles. The summed E-state index contributed by atoms with van der Waals surface area (Å²) < 4.78 is 0. The van der Waals surface area contributed by atoms with E-state index in [2.05, 4.69) is 16.0 Å². The Labute approximate surface area is 113 Å². The van der Waals surface area contributed by atoms with Crippen LogP contribution in [-0.4, -0.2) is 22.6 Å². The molecule has 1 aromatic heterocycles. The van der Waals surface area contributed by atoms with E-state index in [1.807, 2.05) is 6.92 Å². The lowest BCUT2D eigenvalue weighted by Gasteiger charge is -2.25. The van der Waals surface area contributed by atoms with E-state index in [-0.39, 0.29) is 0 Å². The summed E-state index contributed by atoms with van der Waals surface area (Å²) in [6.45, 7) is 2.71. The van der Waals surface area contributed by atoms with Crippen molar-refractivity contribution in [3.05, 3.63) is 11.4 Å². The van der Waals surface area contributed by atoms with Gasteiger partial charge in [-0.2, -0.15) is 5.26 Å². The average molecular weight is 257 g/mol. The minimum Gasteiger partial charge on any atom is -0.383 e. The van der Waals surface area contributed by atoms with Crippen LogP contribution in [0.4, 0.5) is 11.6 Å². The Kier molecular flexibility index (Phi) is 3.02. The zero-order chi connectivity index (χ0) is 13.4. The second kappa shape index (κ2) is 4.69. The summed E-state index contributed by atoms with van der Waals surface area (Å²) in [4.78, 5) is 11.4. The van der Waals surface area contributed by atoms with Crippen molar-refractivity contribution in [3.63, 3.8) is 0 Å². The third-order valence-electron chi connectivity index (χ3n) is 3.84. The second-order valence-electron chi connectivity index (χ2n) is 5.52. The number of hydrogen-bond donors (Lipinski definition) is 1. The molecule has 0 saturated heterocycles. The standard InChI is InChI=1S/C14H19N5/c1-9-12(16)17-13(10-3-4-10)18-14(9)19(8-2-7-15)11-5-6-11/h10-11H,2-6,8H2,1H3,(H2,16,17,18). The van der Waals surface area contributed by atoms with E-state index in [1.54, 1.807) is 0 Å². The first-order valence-electron chi connectivity index (χ1n) is 6.98. The molecule has 0 amide bonds. The van der Waals surface area contributed by atoms with Crippen LogP contribution >= 0.6 is 0 Å². The maximum absolute atomic E-state index is 8.81. The molecule has 1 aromatic rings. The minimum absolute atomic E-state index is 0.499. The Hall–Kier alpha value is -1.83. The molecular weight excluding hydrogens is 238 g/mol. The highest BCUT2D eigenvalue weighted by Crippen LogP contribution is 2.41. The first kappa shape index (κ1) is 12.2. The van der Waals surface area contributed by atoms with Gasteiger partial charge in [-0.15, -0.1) is 0 Å². The topological polar surface area (TPSA) is 78.8 Å². The van der Waals surface area contributed by atoms with Gasteiger partial charge in [-0.05, 0) is 32.6 Å². The van der Waals surface area contributed by atoms with Crippen LogP contribution in [0.5, 0.6) is 0 Å². The highest BCUT2D eigenvalue weighted by molar-refractivity contribution is 5.58. The molecule has 2 N–H and O–H groups in total. The normalized spacial score (nSPS) is 18.1. The van der Waals surface area contributed by atoms with Gasteiger partial charge in [-0.25, -0.2) is 9.97 Å². The Bertz CT molecular complexity index is 525. The number of nitrogens with two attached hydrogens (primary N) is 1. The Balaban J connectivity index is 1.94. The highest BCUT2D eigenvalue weighted by atomic mass is 15.2. The Morgan fingerprint density at radius 3 is 2.63 bits per heavy atom. The van der Waals surface area contributed by atoms with Gasteiger partial charge in [-0.1, -0.05) is 0 Å². The fourth-order valence-corrected chi connectivity index (χ4v) is 2.36. The summed E-state index contributed by atoms with van der Waals surface area (Å²) in [5, 5.41) is 8.81. The largest absolute Gasteiger partial charge is 0.383 e. The summed E-state index contributed by atoms with van der Waals surface area (Å²) in [5.74, 6) is 2.93. The van der Waals surface area contributed by atoms with E-state index >= 15 is 0 Å². The van der Waals surface area contributed by atoms with Crippen molar-refractivity contribution in [1.29, 1.82) is 5.26 Å².